The number of carbonyl (C=O) groups excluding carboxylic acids is 1. The van der Waals surface area contributed by atoms with Gasteiger partial charge in [-0.1, -0.05) is 13.0 Å². The van der Waals surface area contributed by atoms with Gasteiger partial charge in [-0.3, -0.25) is 14.5 Å². The number of amides is 1. The monoisotopic (exact) mass is 360 g/mol. The average molecular weight is 360 g/mol. The van der Waals surface area contributed by atoms with Gasteiger partial charge in [0.1, 0.15) is 5.75 Å². The maximum absolute atomic E-state index is 12.4. The van der Waals surface area contributed by atoms with E-state index in [1.54, 1.807) is 12.1 Å². The number of hydrogen-bond acceptors (Lipinski definition) is 4. The van der Waals surface area contributed by atoms with Crippen LogP contribution in [0.15, 0.2) is 24.3 Å². The first kappa shape index (κ1) is 18.7. The first-order chi connectivity index (χ1) is 12.5. The Hall–Kier alpha value is -2.08. The molecule has 0 saturated heterocycles. The van der Waals surface area contributed by atoms with Gasteiger partial charge in [0, 0.05) is 24.2 Å². The normalized spacial score (nSPS) is 21.9. The molecule has 2 aliphatic carbocycles. The molecule has 1 amide bonds. The molecule has 3 rings (SSSR count). The van der Waals surface area contributed by atoms with Gasteiger partial charge < -0.3 is 15.2 Å². The predicted octanol–water partition coefficient (Wildman–Crippen LogP) is 2.53. The number of rotatable bonds is 10. The number of nitrogens with one attached hydrogen (secondary N) is 1. The molecular formula is C20H28N2O4. The van der Waals surface area contributed by atoms with Crippen LogP contribution in [0.25, 0.3) is 0 Å². The summed E-state index contributed by atoms with van der Waals surface area (Å²) >= 11 is 0. The quantitative estimate of drug-likeness (QED) is 0.670. The Labute approximate surface area is 154 Å². The van der Waals surface area contributed by atoms with Gasteiger partial charge >= 0.3 is 5.97 Å². The predicted molar refractivity (Wildman–Crippen MR) is 98.4 cm³/mol. The van der Waals surface area contributed by atoms with Crippen molar-refractivity contribution in [2.45, 2.75) is 51.1 Å². The maximum Gasteiger partial charge on any atom is 0.317 e. The Balaban J connectivity index is 1.48. The van der Waals surface area contributed by atoms with Crippen LogP contribution in [-0.2, 0) is 4.79 Å². The van der Waals surface area contributed by atoms with Crippen LogP contribution in [0.1, 0.15) is 49.4 Å². The van der Waals surface area contributed by atoms with Gasteiger partial charge in [0.05, 0.1) is 13.2 Å². The Morgan fingerprint density at radius 1 is 1.31 bits per heavy atom. The molecule has 0 heterocycles. The van der Waals surface area contributed by atoms with Gasteiger partial charge in [-0.05, 0) is 56.2 Å². The minimum atomic E-state index is -0.776. The number of carboxylic acid groups (broad SMARTS) is 1. The van der Waals surface area contributed by atoms with Crippen molar-refractivity contribution in [3.8, 4) is 5.75 Å². The lowest BCUT2D eigenvalue weighted by Crippen LogP contribution is -2.55. The zero-order valence-corrected chi connectivity index (χ0v) is 15.3. The van der Waals surface area contributed by atoms with Crippen molar-refractivity contribution in [3.63, 3.8) is 0 Å². The molecule has 0 spiro atoms. The highest BCUT2D eigenvalue weighted by molar-refractivity contribution is 5.94. The summed E-state index contributed by atoms with van der Waals surface area (Å²) in [7, 11) is 0. The summed E-state index contributed by atoms with van der Waals surface area (Å²) in [6, 6.07) is 7.61. The molecule has 0 atom stereocenters. The molecule has 1 aromatic rings. The van der Waals surface area contributed by atoms with E-state index in [-0.39, 0.29) is 24.5 Å². The first-order valence-electron chi connectivity index (χ1n) is 9.54. The second kappa shape index (κ2) is 8.54. The van der Waals surface area contributed by atoms with Crippen molar-refractivity contribution in [2.75, 3.05) is 19.7 Å². The third kappa shape index (κ3) is 5.21. The van der Waals surface area contributed by atoms with Gasteiger partial charge in [-0.25, -0.2) is 0 Å². The van der Waals surface area contributed by atoms with E-state index in [4.69, 9.17) is 9.84 Å². The standard InChI is InChI=1S/C20H28N2O4/c1-2-8-26-18-5-3-4-15(9-18)20(25)21-16-10-17(11-16)22(13-19(23)24)12-14-6-7-14/h3-5,9,14,16-17H,2,6-8,10-13H2,1H3,(H,21,25)(H,23,24). The van der Waals surface area contributed by atoms with E-state index in [1.165, 1.54) is 12.8 Å². The van der Waals surface area contributed by atoms with Crippen molar-refractivity contribution in [1.29, 1.82) is 0 Å². The van der Waals surface area contributed by atoms with Gasteiger partial charge in [0.25, 0.3) is 5.91 Å². The van der Waals surface area contributed by atoms with Crippen LogP contribution in [0.2, 0.25) is 0 Å². The SMILES string of the molecule is CCCOc1cccc(C(=O)NC2CC(N(CC(=O)O)CC3CC3)C2)c1. The van der Waals surface area contributed by atoms with Gasteiger partial charge in [0.15, 0.2) is 0 Å². The smallest absolute Gasteiger partial charge is 0.317 e. The largest absolute Gasteiger partial charge is 0.494 e. The Kier molecular flexibility index (Phi) is 6.14. The molecule has 26 heavy (non-hydrogen) atoms. The molecular weight excluding hydrogens is 332 g/mol. The number of nitrogens with zero attached hydrogens (tertiary/aromatic N) is 1. The molecule has 6 nitrogen and oxygen atoms in total. The molecule has 0 radical (unpaired) electrons. The summed E-state index contributed by atoms with van der Waals surface area (Å²) in [6.45, 7) is 3.64. The van der Waals surface area contributed by atoms with E-state index in [2.05, 4.69) is 10.2 Å². The van der Waals surface area contributed by atoms with Crippen molar-refractivity contribution in [1.82, 2.24) is 10.2 Å². The molecule has 1 aromatic carbocycles. The lowest BCUT2D eigenvalue weighted by molar-refractivity contribution is -0.139. The number of aliphatic carboxylic acids is 1. The summed E-state index contributed by atoms with van der Waals surface area (Å²) in [5, 5.41) is 12.2. The molecule has 0 aliphatic heterocycles. The fraction of sp³-hybridized carbons (Fsp3) is 0.600. The van der Waals surface area contributed by atoms with E-state index >= 15 is 0 Å². The van der Waals surface area contributed by atoms with E-state index < -0.39 is 5.97 Å². The summed E-state index contributed by atoms with van der Waals surface area (Å²) < 4.78 is 5.58. The fourth-order valence-electron chi connectivity index (χ4n) is 3.37. The molecule has 2 fully saturated rings. The van der Waals surface area contributed by atoms with E-state index in [9.17, 15) is 9.59 Å². The topological polar surface area (TPSA) is 78.9 Å². The lowest BCUT2D eigenvalue weighted by Gasteiger charge is -2.42. The summed E-state index contributed by atoms with van der Waals surface area (Å²) in [5.41, 5.74) is 0.599. The second-order valence-electron chi connectivity index (χ2n) is 7.44. The Morgan fingerprint density at radius 3 is 2.73 bits per heavy atom. The first-order valence-corrected chi connectivity index (χ1v) is 9.54. The molecule has 6 heteroatoms. The van der Waals surface area contributed by atoms with Crippen LogP contribution in [0.4, 0.5) is 0 Å². The summed E-state index contributed by atoms with van der Waals surface area (Å²) in [4.78, 5) is 25.6. The molecule has 2 N–H and O–H groups in total. The van der Waals surface area contributed by atoms with Crippen LogP contribution in [0, 0.1) is 5.92 Å². The maximum atomic E-state index is 12.4. The molecule has 142 valence electrons. The zero-order chi connectivity index (χ0) is 18.5. The average Bonchev–Trinajstić information content (AvgIpc) is 3.39. The summed E-state index contributed by atoms with van der Waals surface area (Å²) in [6.07, 6.45) is 4.97. The third-order valence-electron chi connectivity index (χ3n) is 5.06. The Morgan fingerprint density at radius 2 is 2.08 bits per heavy atom. The minimum absolute atomic E-state index is 0.0950. The van der Waals surface area contributed by atoms with Crippen LogP contribution >= 0.6 is 0 Å². The van der Waals surface area contributed by atoms with Crippen molar-refractivity contribution >= 4 is 11.9 Å². The lowest BCUT2D eigenvalue weighted by atomic mass is 9.85. The van der Waals surface area contributed by atoms with Crippen LogP contribution in [-0.4, -0.2) is 53.7 Å². The highest BCUT2D eigenvalue weighted by Gasteiger charge is 2.37. The van der Waals surface area contributed by atoms with E-state index in [1.807, 2.05) is 19.1 Å². The zero-order valence-electron chi connectivity index (χ0n) is 15.3. The van der Waals surface area contributed by atoms with Gasteiger partial charge in [0.2, 0.25) is 0 Å². The molecule has 2 saturated carbocycles. The molecule has 0 unspecified atom stereocenters. The molecule has 2 aliphatic rings. The number of ether oxygens (including phenoxy) is 1. The fourth-order valence-corrected chi connectivity index (χ4v) is 3.37. The van der Waals surface area contributed by atoms with Crippen LogP contribution in [0.5, 0.6) is 5.75 Å². The van der Waals surface area contributed by atoms with Crippen LogP contribution in [0.3, 0.4) is 0 Å². The van der Waals surface area contributed by atoms with Crippen molar-refractivity contribution in [2.24, 2.45) is 5.92 Å². The van der Waals surface area contributed by atoms with Gasteiger partial charge in [-0.2, -0.15) is 0 Å². The Bertz CT molecular complexity index is 638. The number of hydrogen-bond donors (Lipinski definition) is 2. The summed E-state index contributed by atoms with van der Waals surface area (Å²) in [5.74, 6) is 0.501. The number of carboxylic acids is 1. The van der Waals surface area contributed by atoms with Crippen molar-refractivity contribution in [3.05, 3.63) is 29.8 Å². The van der Waals surface area contributed by atoms with E-state index in [0.29, 0.717) is 23.8 Å². The van der Waals surface area contributed by atoms with E-state index in [0.717, 1.165) is 25.8 Å². The minimum Gasteiger partial charge on any atom is -0.494 e. The highest BCUT2D eigenvalue weighted by atomic mass is 16.5. The second-order valence-corrected chi connectivity index (χ2v) is 7.44. The number of carbonyl (C=O) groups is 2. The highest BCUT2D eigenvalue weighted by Crippen LogP contribution is 2.33. The van der Waals surface area contributed by atoms with Crippen LogP contribution < -0.4 is 10.1 Å². The third-order valence-corrected chi connectivity index (χ3v) is 5.06. The molecule has 0 aromatic heterocycles. The number of benzene rings is 1. The van der Waals surface area contributed by atoms with Crippen molar-refractivity contribution < 1.29 is 19.4 Å². The van der Waals surface area contributed by atoms with Gasteiger partial charge in [-0.15, -0.1) is 0 Å². The molecule has 0 bridgehead atoms.